The van der Waals surface area contributed by atoms with E-state index in [9.17, 15) is 0 Å². The number of aliphatic imine (C=N–C) groups is 1. The fourth-order valence-corrected chi connectivity index (χ4v) is 2.73. The SMILES string of the molecule is CN=C(NCCCN(C(C)C)C(C)C)NCCc1cnn(C)c1.I. The van der Waals surface area contributed by atoms with Crippen molar-refractivity contribution < 1.29 is 0 Å². The molecule has 0 aliphatic rings. The zero-order valence-corrected chi connectivity index (χ0v) is 18.4. The zero-order chi connectivity index (χ0) is 17.2. The molecule has 0 spiro atoms. The molecule has 6 nitrogen and oxygen atoms in total. The van der Waals surface area contributed by atoms with Crippen LogP contribution in [0.5, 0.6) is 0 Å². The first-order valence-corrected chi connectivity index (χ1v) is 8.61. The first-order chi connectivity index (χ1) is 10.9. The maximum Gasteiger partial charge on any atom is 0.190 e. The van der Waals surface area contributed by atoms with Crippen molar-refractivity contribution in [2.75, 3.05) is 26.7 Å². The highest BCUT2D eigenvalue weighted by Crippen LogP contribution is 2.05. The smallest absolute Gasteiger partial charge is 0.190 e. The van der Waals surface area contributed by atoms with Crippen molar-refractivity contribution in [1.29, 1.82) is 0 Å². The third kappa shape index (κ3) is 8.86. The third-order valence-electron chi connectivity index (χ3n) is 3.90. The minimum atomic E-state index is 0. The second kappa shape index (κ2) is 12.5. The van der Waals surface area contributed by atoms with Gasteiger partial charge in [0, 0.05) is 52.0 Å². The van der Waals surface area contributed by atoms with Crippen molar-refractivity contribution in [3.63, 3.8) is 0 Å². The van der Waals surface area contributed by atoms with Gasteiger partial charge in [0.15, 0.2) is 5.96 Å². The Morgan fingerprint density at radius 1 is 1.21 bits per heavy atom. The van der Waals surface area contributed by atoms with Gasteiger partial charge in [-0.2, -0.15) is 5.10 Å². The van der Waals surface area contributed by atoms with Crippen LogP contribution in [-0.4, -0.2) is 59.4 Å². The standard InChI is InChI=1S/C17H34N6.HI/c1-14(2)23(15(3)4)11-7-9-19-17(18-5)20-10-8-16-12-21-22(6)13-16;/h12-15H,7-11H2,1-6H3,(H2,18,19,20);1H. The van der Waals surface area contributed by atoms with Crippen molar-refractivity contribution >= 4 is 29.9 Å². The molecule has 1 rings (SSSR count). The third-order valence-corrected chi connectivity index (χ3v) is 3.90. The van der Waals surface area contributed by atoms with Crippen molar-refractivity contribution in [1.82, 2.24) is 25.3 Å². The van der Waals surface area contributed by atoms with Gasteiger partial charge in [0.2, 0.25) is 0 Å². The molecule has 0 aliphatic carbocycles. The van der Waals surface area contributed by atoms with E-state index < -0.39 is 0 Å². The molecule has 140 valence electrons. The lowest BCUT2D eigenvalue weighted by Crippen LogP contribution is -2.41. The Morgan fingerprint density at radius 2 is 1.83 bits per heavy atom. The van der Waals surface area contributed by atoms with Crippen molar-refractivity contribution in [3.8, 4) is 0 Å². The molecule has 2 N–H and O–H groups in total. The van der Waals surface area contributed by atoms with Crippen LogP contribution in [-0.2, 0) is 13.5 Å². The molecule has 0 amide bonds. The monoisotopic (exact) mass is 450 g/mol. The summed E-state index contributed by atoms with van der Waals surface area (Å²) in [4.78, 5) is 6.79. The van der Waals surface area contributed by atoms with Crippen LogP contribution in [0.3, 0.4) is 0 Å². The van der Waals surface area contributed by atoms with Crippen LogP contribution in [0, 0.1) is 0 Å². The summed E-state index contributed by atoms with van der Waals surface area (Å²) in [7, 11) is 3.75. The zero-order valence-electron chi connectivity index (χ0n) is 16.0. The first-order valence-electron chi connectivity index (χ1n) is 8.61. The fourth-order valence-electron chi connectivity index (χ4n) is 2.73. The Bertz CT molecular complexity index is 461. The van der Waals surface area contributed by atoms with Gasteiger partial charge >= 0.3 is 0 Å². The van der Waals surface area contributed by atoms with Crippen LogP contribution in [0.4, 0.5) is 0 Å². The van der Waals surface area contributed by atoms with Crippen molar-refractivity contribution in [2.45, 2.75) is 52.6 Å². The lowest BCUT2D eigenvalue weighted by Gasteiger charge is -2.30. The summed E-state index contributed by atoms with van der Waals surface area (Å²) in [6.07, 6.45) is 6.01. The van der Waals surface area contributed by atoms with Crippen LogP contribution in [0.15, 0.2) is 17.4 Å². The first kappa shape index (κ1) is 23.2. The van der Waals surface area contributed by atoms with E-state index in [2.05, 4.69) is 53.3 Å². The molecule has 0 fully saturated rings. The number of aromatic nitrogens is 2. The van der Waals surface area contributed by atoms with Gasteiger partial charge in [-0.15, -0.1) is 24.0 Å². The number of aryl methyl sites for hydroxylation is 1. The molecule has 0 bridgehead atoms. The van der Waals surface area contributed by atoms with E-state index in [1.54, 1.807) is 0 Å². The van der Waals surface area contributed by atoms with Crippen molar-refractivity contribution in [3.05, 3.63) is 18.0 Å². The normalized spacial score (nSPS) is 12.0. The van der Waals surface area contributed by atoms with Gasteiger partial charge in [-0.1, -0.05) is 0 Å². The van der Waals surface area contributed by atoms with E-state index in [1.165, 1.54) is 5.56 Å². The van der Waals surface area contributed by atoms with Gasteiger partial charge in [0.25, 0.3) is 0 Å². The maximum atomic E-state index is 4.27. The highest BCUT2D eigenvalue weighted by atomic mass is 127. The number of rotatable bonds is 9. The van der Waals surface area contributed by atoms with Crippen LogP contribution in [0.25, 0.3) is 0 Å². The number of guanidine groups is 1. The molecule has 0 aromatic carbocycles. The predicted molar refractivity (Wildman–Crippen MR) is 113 cm³/mol. The number of nitrogens with one attached hydrogen (secondary N) is 2. The van der Waals surface area contributed by atoms with Gasteiger partial charge in [-0.3, -0.25) is 14.6 Å². The van der Waals surface area contributed by atoms with E-state index >= 15 is 0 Å². The molecular formula is C17H35IN6. The molecule has 0 atom stereocenters. The molecule has 1 aromatic heterocycles. The molecule has 0 aliphatic heterocycles. The average molecular weight is 450 g/mol. The summed E-state index contributed by atoms with van der Waals surface area (Å²) < 4.78 is 1.83. The Labute approximate surface area is 164 Å². The summed E-state index contributed by atoms with van der Waals surface area (Å²) in [6.45, 7) is 11.9. The van der Waals surface area contributed by atoms with Gasteiger partial charge in [0.05, 0.1) is 6.20 Å². The highest BCUT2D eigenvalue weighted by molar-refractivity contribution is 14.0. The number of nitrogens with zero attached hydrogens (tertiary/aromatic N) is 4. The van der Waals surface area contributed by atoms with Gasteiger partial charge < -0.3 is 10.6 Å². The average Bonchev–Trinajstić information content (AvgIpc) is 2.89. The fraction of sp³-hybridized carbons (Fsp3) is 0.765. The molecular weight excluding hydrogens is 415 g/mol. The van der Waals surface area contributed by atoms with Crippen LogP contribution in [0.1, 0.15) is 39.7 Å². The van der Waals surface area contributed by atoms with E-state index in [1.807, 2.05) is 31.2 Å². The molecule has 7 heteroatoms. The Hall–Kier alpha value is -0.830. The molecule has 0 saturated carbocycles. The summed E-state index contributed by atoms with van der Waals surface area (Å²) >= 11 is 0. The van der Waals surface area contributed by atoms with Gasteiger partial charge in [-0.05, 0) is 46.1 Å². The van der Waals surface area contributed by atoms with Crippen LogP contribution < -0.4 is 10.6 Å². The second-order valence-electron chi connectivity index (χ2n) is 6.48. The summed E-state index contributed by atoms with van der Waals surface area (Å²) in [6, 6.07) is 1.18. The summed E-state index contributed by atoms with van der Waals surface area (Å²) in [5.74, 6) is 0.870. The quantitative estimate of drug-likeness (QED) is 0.262. The van der Waals surface area contributed by atoms with E-state index in [-0.39, 0.29) is 24.0 Å². The number of halogens is 1. The summed E-state index contributed by atoms with van der Waals surface area (Å²) in [5, 5.41) is 10.9. The number of hydrogen-bond acceptors (Lipinski definition) is 3. The molecule has 1 aromatic rings. The van der Waals surface area contributed by atoms with Crippen LogP contribution >= 0.6 is 24.0 Å². The predicted octanol–water partition coefficient (Wildman–Crippen LogP) is 2.25. The largest absolute Gasteiger partial charge is 0.356 e. The number of hydrogen-bond donors (Lipinski definition) is 2. The Balaban J connectivity index is 0.00000529. The van der Waals surface area contributed by atoms with Gasteiger partial charge in [-0.25, -0.2) is 0 Å². The molecule has 0 saturated heterocycles. The molecule has 24 heavy (non-hydrogen) atoms. The maximum absolute atomic E-state index is 4.27. The second-order valence-corrected chi connectivity index (χ2v) is 6.48. The molecule has 0 unspecified atom stereocenters. The Kier molecular flexibility index (Phi) is 12.1. The van der Waals surface area contributed by atoms with E-state index in [4.69, 9.17) is 0 Å². The minimum Gasteiger partial charge on any atom is -0.356 e. The minimum absolute atomic E-state index is 0. The van der Waals surface area contributed by atoms with E-state index in [0.717, 1.165) is 38.4 Å². The van der Waals surface area contributed by atoms with Gasteiger partial charge in [0.1, 0.15) is 0 Å². The Morgan fingerprint density at radius 3 is 2.33 bits per heavy atom. The van der Waals surface area contributed by atoms with Crippen molar-refractivity contribution in [2.24, 2.45) is 12.0 Å². The molecule has 1 heterocycles. The van der Waals surface area contributed by atoms with Crippen LogP contribution in [0.2, 0.25) is 0 Å². The lowest BCUT2D eigenvalue weighted by atomic mass is 10.2. The van der Waals surface area contributed by atoms with E-state index in [0.29, 0.717) is 12.1 Å². The summed E-state index contributed by atoms with van der Waals surface area (Å²) in [5.41, 5.74) is 1.24. The lowest BCUT2D eigenvalue weighted by molar-refractivity contribution is 0.173. The molecule has 0 radical (unpaired) electrons. The highest BCUT2D eigenvalue weighted by Gasteiger charge is 2.12. The topological polar surface area (TPSA) is 57.5 Å².